The summed E-state index contributed by atoms with van der Waals surface area (Å²) in [7, 11) is -3.06. The lowest BCUT2D eigenvalue weighted by Gasteiger charge is -2.35. The van der Waals surface area contributed by atoms with Crippen molar-refractivity contribution < 1.29 is 0 Å². The summed E-state index contributed by atoms with van der Waals surface area (Å²) in [5, 5.41) is 9.78. The van der Waals surface area contributed by atoms with Gasteiger partial charge in [0, 0.05) is 12.7 Å². The van der Waals surface area contributed by atoms with Gasteiger partial charge in [-0.1, -0.05) is 167 Å². The van der Waals surface area contributed by atoms with Crippen LogP contribution in [0.25, 0.3) is 0 Å². The summed E-state index contributed by atoms with van der Waals surface area (Å²) in [6.45, 7) is 9.22. The summed E-state index contributed by atoms with van der Waals surface area (Å²) in [5.74, 6) is 0.804. The Morgan fingerprint density at radius 1 is 0.500 bits per heavy atom. The highest BCUT2D eigenvalue weighted by Gasteiger charge is 2.28. The maximum atomic E-state index is 4.37. The summed E-state index contributed by atoms with van der Waals surface area (Å²) >= 11 is 0. The minimum absolute atomic E-state index is 0.402. The topological polar surface area (TPSA) is 12.0 Å². The summed E-state index contributed by atoms with van der Waals surface area (Å²) < 4.78 is 0. The molecule has 0 amide bonds. The fourth-order valence-corrected chi connectivity index (χ4v) is 12.7. The van der Waals surface area contributed by atoms with E-state index in [1.165, 1.54) is 38.0 Å². The van der Waals surface area contributed by atoms with Crippen LogP contribution in [0.3, 0.4) is 0 Å². The number of benzene rings is 5. The van der Waals surface area contributed by atoms with E-state index in [2.05, 4.69) is 178 Å². The zero-order chi connectivity index (χ0) is 28.0. The fraction of sp³-hybridized carbons (Fsp3) is 0.162. The van der Waals surface area contributed by atoms with Gasteiger partial charge < -0.3 is 5.09 Å². The van der Waals surface area contributed by atoms with Gasteiger partial charge >= 0.3 is 0 Å². The Kier molecular flexibility index (Phi) is 9.06. The molecular weight excluding hydrogens is 520 g/mol. The highest BCUT2D eigenvalue weighted by molar-refractivity contribution is 8.05. The third kappa shape index (κ3) is 6.02. The first kappa shape index (κ1) is 28.2. The average molecular weight is 560 g/mol. The van der Waals surface area contributed by atoms with Crippen LogP contribution in [-0.2, 0) is 0 Å². The molecule has 0 unspecified atom stereocenters. The number of nitrogens with one attached hydrogen (secondary N) is 1. The quantitative estimate of drug-likeness (QED) is 0.178. The van der Waals surface area contributed by atoms with Crippen molar-refractivity contribution in [3.63, 3.8) is 0 Å². The van der Waals surface area contributed by atoms with E-state index in [9.17, 15) is 0 Å². The van der Waals surface area contributed by atoms with Crippen LogP contribution in [0.5, 0.6) is 0 Å². The molecule has 40 heavy (non-hydrogen) atoms. The lowest BCUT2D eigenvalue weighted by molar-refractivity contribution is 0.840. The van der Waals surface area contributed by atoms with Crippen LogP contribution >= 0.6 is 15.0 Å². The molecule has 0 aliphatic rings. The van der Waals surface area contributed by atoms with E-state index < -0.39 is 15.0 Å². The van der Waals surface area contributed by atoms with Gasteiger partial charge in [0.2, 0.25) is 0 Å². The average Bonchev–Trinajstić information content (AvgIpc) is 3.01. The molecule has 0 bridgehead atoms. The lowest BCUT2D eigenvalue weighted by atomic mass is 9.93. The fourth-order valence-electron chi connectivity index (χ4n) is 5.26. The molecule has 0 heterocycles. The predicted molar refractivity (Wildman–Crippen MR) is 182 cm³/mol. The first-order valence-electron chi connectivity index (χ1n) is 14.2. The molecule has 5 aromatic rings. The van der Waals surface area contributed by atoms with Gasteiger partial charge in [-0.15, -0.1) is 0 Å². The van der Waals surface area contributed by atoms with Crippen LogP contribution in [-0.4, -0.2) is 5.54 Å². The molecule has 5 rings (SSSR count). The molecule has 0 aliphatic carbocycles. The Balaban J connectivity index is 1.90. The summed E-state index contributed by atoms with van der Waals surface area (Å²) in [6.07, 6.45) is 0. The van der Waals surface area contributed by atoms with Crippen LogP contribution in [0, 0.1) is 0 Å². The van der Waals surface area contributed by atoms with Crippen LogP contribution in [0.1, 0.15) is 50.7 Å². The minimum Gasteiger partial charge on any atom is -0.358 e. The first-order chi connectivity index (χ1) is 19.5. The van der Waals surface area contributed by atoms with E-state index >= 15 is 0 Å². The van der Waals surface area contributed by atoms with Crippen molar-refractivity contribution in [2.45, 2.75) is 39.5 Å². The molecule has 0 saturated carbocycles. The van der Waals surface area contributed by atoms with Gasteiger partial charge in [0.25, 0.3) is 0 Å². The highest BCUT2D eigenvalue weighted by atomic mass is 31.2. The summed E-state index contributed by atoms with van der Waals surface area (Å²) in [4.78, 5) is 0. The molecule has 1 nitrogen and oxygen atoms in total. The Labute approximate surface area is 242 Å². The number of hydrogen-bond acceptors (Lipinski definition) is 1. The molecular formula is C37H39NP2. The Bertz CT molecular complexity index is 1450. The lowest BCUT2D eigenvalue weighted by Crippen LogP contribution is -2.26. The Hall–Kier alpha value is -3.37. The van der Waals surface area contributed by atoms with Crippen LogP contribution < -0.4 is 26.3 Å². The van der Waals surface area contributed by atoms with Crippen molar-refractivity contribution in [3.05, 3.63) is 151 Å². The number of anilines is 1. The molecule has 0 aliphatic heterocycles. The molecule has 0 saturated heterocycles. The molecule has 5 aromatic carbocycles. The SMILES string of the molecule is CC(C)c1cccc(C(C)C)c1NP(=CP(c1ccccc1)c1ccccc1)(c1ccccc1)c1ccccc1. The number of para-hydroxylation sites is 1. The Morgan fingerprint density at radius 3 is 1.25 bits per heavy atom. The van der Waals surface area contributed by atoms with Gasteiger partial charge in [-0.2, -0.15) is 0 Å². The van der Waals surface area contributed by atoms with E-state index in [0.717, 1.165) is 0 Å². The van der Waals surface area contributed by atoms with E-state index in [1.54, 1.807) is 0 Å². The van der Waals surface area contributed by atoms with Crippen molar-refractivity contribution in [3.8, 4) is 0 Å². The van der Waals surface area contributed by atoms with Gasteiger partial charge in [0.15, 0.2) is 0 Å². The third-order valence-corrected chi connectivity index (χ3v) is 14.2. The molecule has 0 radical (unpaired) electrons. The van der Waals surface area contributed by atoms with Crippen molar-refractivity contribution in [2.75, 3.05) is 5.09 Å². The summed E-state index contributed by atoms with van der Waals surface area (Å²) in [6, 6.07) is 51.2. The Morgan fingerprint density at radius 2 is 0.875 bits per heavy atom. The zero-order valence-electron chi connectivity index (χ0n) is 23.9. The van der Waals surface area contributed by atoms with Crippen LogP contribution in [0.4, 0.5) is 5.69 Å². The second-order valence-electron chi connectivity index (χ2n) is 10.8. The number of rotatable bonds is 9. The maximum absolute atomic E-state index is 4.37. The van der Waals surface area contributed by atoms with Crippen molar-refractivity contribution in [1.29, 1.82) is 0 Å². The molecule has 3 heteroatoms. The summed E-state index contributed by atoms with van der Waals surface area (Å²) in [5.41, 5.74) is 6.75. The minimum atomic E-state index is -2.29. The zero-order valence-corrected chi connectivity index (χ0v) is 25.7. The first-order valence-corrected chi connectivity index (χ1v) is 17.4. The maximum Gasteiger partial charge on any atom is 0.0446 e. The number of hydrogen-bond donors (Lipinski definition) is 1. The van der Waals surface area contributed by atoms with Gasteiger partial charge in [-0.25, -0.2) is 0 Å². The molecule has 0 aromatic heterocycles. The van der Waals surface area contributed by atoms with Crippen molar-refractivity contribution in [2.24, 2.45) is 0 Å². The largest absolute Gasteiger partial charge is 0.358 e. The normalized spacial score (nSPS) is 11.7. The van der Waals surface area contributed by atoms with E-state index in [0.29, 0.717) is 11.8 Å². The van der Waals surface area contributed by atoms with Gasteiger partial charge in [-0.05, 0) is 57.6 Å². The third-order valence-electron chi connectivity index (χ3n) is 7.35. The standard InChI is InChI=1S/C37H39NP2/c1-29(2)35-26-17-27-36(30(3)4)37(35)38-40(33-22-13-7-14-23-33,34-24-15-8-16-25-34)28-39(31-18-9-5-10-19-31)32-20-11-6-12-21-32/h5-30,38H,1-4H3. The molecule has 0 fully saturated rings. The smallest absolute Gasteiger partial charge is 0.0446 e. The monoisotopic (exact) mass is 559 g/mol. The molecule has 0 atom stereocenters. The van der Waals surface area contributed by atoms with Crippen LogP contribution in [0.15, 0.2) is 140 Å². The highest BCUT2D eigenvalue weighted by Crippen LogP contribution is 2.52. The van der Waals surface area contributed by atoms with Crippen LogP contribution in [0.2, 0.25) is 0 Å². The second-order valence-corrected chi connectivity index (χ2v) is 16.2. The van der Waals surface area contributed by atoms with Gasteiger partial charge in [0.05, 0.1) is 0 Å². The van der Waals surface area contributed by atoms with E-state index in [-0.39, 0.29) is 0 Å². The van der Waals surface area contributed by atoms with Crippen molar-refractivity contribution in [1.82, 2.24) is 0 Å². The molecule has 0 spiro atoms. The van der Waals surface area contributed by atoms with Gasteiger partial charge in [-0.3, -0.25) is 0 Å². The van der Waals surface area contributed by atoms with E-state index in [1.807, 2.05) is 0 Å². The second kappa shape index (κ2) is 12.9. The molecule has 1 N–H and O–H groups in total. The van der Waals surface area contributed by atoms with E-state index in [4.69, 9.17) is 0 Å². The van der Waals surface area contributed by atoms with Crippen molar-refractivity contribution >= 4 is 47.4 Å². The molecule has 202 valence electrons. The van der Waals surface area contributed by atoms with Gasteiger partial charge in [0.1, 0.15) is 0 Å². The predicted octanol–water partition coefficient (Wildman–Crippen LogP) is 8.82.